The molecule has 2 aromatic rings. The topological polar surface area (TPSA) is 36.0 Å². The molecule has 0 aliphatic heterocycles. The Morgan fingerprint density at radius 2 is 2.31 bits per heavy atom. The molecule has 1 aromatic carbocycles. The number of H-pyrrole nitrogens is 1. The predicted molar refractivity (Wildman–Crippen MR) is 65.6 cm³/mol. The summed E-state index contributed by atoms with van der Waals surface area (Å²) in [6.45, 7) is 2.18. The smallest absolute Gasteiger partial charge is 0.0941 e. The molecule has 0 fully saturated rings. The maximum Gasteiger partial charge on any atom is 0.0941 e. The highest BCUT2D eigenvalue weighted by atomic mass is 16.3. The van der Waals surface area contributed by atoms with Crippen molar-refractivity contribution in [2.45, 2.75) is 38.7 Å². The summed E-state index contributed by atoms with van der Waals surface area (Å²) in [6.07, 6.45) is 3.86. The zero-order chi connectivity index (χ0) is 11.1. The van der Waals surface area contributed by atoms with Crippen LogP contribution in [0.4, 0.5) is 0 Å². The van der Waals surface area contributed by atoms with Crippen LogP contribution >= 0.6 is 0 Å². The zero-order valence-corrected chi connectivity index (χ0v) is 9.59. The molecule has 2 N–H and O–H groups in total. The first-order valence-electron chi connectivity index (χ1n) is 6.11. The lowest BCUT2D eigenvalue weighted by Gasteiger charge is -2.17. The Morgan fingerprint density at radius 1 is 1.44 bits per heavy atom. The molecule has 0 amide bonds. The maximum atomic E-state index is 9.96. The van der Waals surface area contributed by atoms with E-state index in [0.717, 1.165) is 31.4 Å². The van der Waals surface area contributed by atoms with Crippen LogP contribution in [0.5, 0.6) is 0 Å². The first-order valence-corrected chi connectivity index (χ1v) is 6.11. The van der Waals surface area contributed by atoms with Gasteiger partial charge in [0.05, 0.1) is 6.10 Å². The number of aliphatic hydroxyl groups excluding tert-OH is 1. The average molecular weight is 215 g/mol. The Hall–Kier alpha value is -1.28. The molecule has 1 aliphatic rings. The molecule has 0 unspecified atom stereocenters. The number of rotatable bonds is 1. The van der Waals surface area contributed by atoms with Crippen molar-refractivity contribution in [2.75, 3.05) is 0 Å². The predicted octanol–water partition coefficient (Wildman–Crippen LogP) is 3.10. The van der Waals surface area contributed by atoms with E-state index in [0.29, 0.717) is 0 Å². The van der Waals surface area contributed by atoms with Crippen LogP contribution in [0.2, 0.25) is 0 Å². The summed E-state index contributed by atoms with van der Waals surface area (Å²) in [5.41, 5.74) is 4.93. The summed E-state index contributed by atoms with van der Waals surface area (Å²) in [7, 11) is 0. The Morgan fingerprint density at radius 3 is 3.12 bits per heavy atom. The molecule has 84 valence electrons. The molecule has 2 nitrogen and oxygen atoms in total. The lowest BCUT2D eigenvalue weighted by molar-refractivity contribution is 0.153. The van der Waals surface area contributed by atoms with E-state index in [-0.39, 0.29) is 6.10 Å². The molecule has 0 spiro atoms. The number of aromatic amines is 1. The fourth-order valence-electron chi connectivity index (χ4n) is 2.71. The standard InChI is InChI=1S/C14H17NO/c1-2-9-6-7-12-11(8-9)10-4-3-5-13(16)14(10)15-12/h6-8,13,15-16H,2-5H2,1H3/t13-/m0/s1. The minimum Gasteiger partial charge on any atom is -0.387 e. The molecule has 16 heavy (non-hydrogen) atoms. The molecule has 0 saturated carbocycles. The number of fused-ring (bicyclic) bond motifs is 3. The fraction of sp³-hybridized carbons (Fsp3) is 0.429. The van der Waals surface area contributed by atoms with Gasteiger partial charge in [0.2, 0.25) is 0 Å². The molecule has 0 radical (unpaired) electrons. The van der Waals surface area contributed by atoms with Crippen molar-refractivity contribution in [3.8, 4) is 0 Å². The van der Waals surface area contributed by atoms with Crippen LogP contribution in [0.3, 0.4) is 0 Å². The summed E-state index contributed by atoms with van der Waals surface area (Å²) in [4.78, 5) is 3.37. The normalized spacial score (nSPS) is 20.0. The SMILES string of the molecule is CCc1ccc2[nH]c3c(c2c1)CCC[C@@H]3O. The van der Waals surface area contributed by atoms with Gasteiger partial charge in [-0.15, -0.1) is 0 Å². The highest BCUT2D eigenvalue weighted by Crippen LogP contribution is 2.34. The van der Waals surface area contributed by atoms with E-state index in [1.165, 1.54) is 22.0 Å². The van der Waals surface area contributed by atoms with E-state index in [9.17, 15) is 5.11 Å². The Kier molecular flexibility index (Phi) is 2.25. The Labute approximate surface area is 95.3 Å². The van der Waals surface area contributed by atoms with Gasteiger partial charge < -0.3 is 10.1 Å². The van der Waals surface area contributed by atoms with E-state index in [1.54, 1.807) is 0 Å². The van der Waals surface area contributed by atoms with Gasteiger partial charge in [0.1, 0.15) is 0 Å². The van der Waals surface area contributed by atoms with Gasteiger partial charge in [-0.05, 0) is 48.9 Å². The Bertz CT molecular complexity index is 527. The number of hydrogen-bond acceptors (Lipinski definition) is 1. The molecule has 3 rings (SSSR count). The fourth-order valence-corrected chi connectivity index (χ4v) is 2.71. The van der Waals surface area contributed by atoms with Gasteiger partial charge in [-0.3, -0.25) is 0 Å². The van der Waals surface area contributed by atoms with Gasteiger partial charge in [-0.25, -0.2) is 0 Å². The van der Waals surface area contributed by atoms with Crippen molar-refractivity contribution in [3.63, 3.8) is 0 Å². The average Bonchev–Trinajstić information content (AvgIpc) is 2.68. The highest BCUT2D eigenvalue weighted by Gasteiger charge is 2.22. The molecule has 1 heterocycles. The summed E-state index contributed by atoms with van der Waals surface area (Å²) >= 11 is 0. The largest absolute Gasteiger partial charge is 0.387 e. The summed E-state index contributed by atoms with van der Waals surface area (Å²) < 4.78 is 0. The van der Waals surface area contributed by atoms with Gasteiger partial charge in [0.25, 0.3) is 0 Å². The molecular formula is C14H17NO. The number of benzene rings is 1. The van der Waals surface area contributed by atoms with Gasteiger partial charge in [-0.2, -0.15) is 0 Å². The van der Waals surface area contributed by atoms with Crippen LogP contribution in [0.25, 0.3) is 10.9 Å². The maximum absolute atomic E-state index is 9.96. The van der Waals surface area contributed by atoms with Crippen LogP contribution < -0.4 is 0 Å². The highest BCUT2D eigenvalue weighted by molar-refractivity contribution is 5.85. The van der Waals surface area contributed by atoms with E-state index in [1.807, 2.05) is 0 Å². The van der Waals surface area contributed by atoms with Crippen molar-refractivity contribution in [3.05, 3.63) is 35.0 Å². The second-order valence-electron chi connectivity index (χ2n) is 4.66. The van der Waals surface area contributed by atoms with E-state index in [4.69, 9.17) is 0 Å². The van der Waals surface area contributed by atoms with Crippen molar-refractivity contribution in [1.29, 1.82) is 0 Å². The second kappa shape index (κ2) is 3.63. The minimum absolute atomic E-state index is 0.291. The van der Waals surface area contributed by atoms with Gasteiger partial charge in [0.15, 0.2) is 0 Å². The van der Waals surface area contributed by atoms with Crippen molar-refractivity contribution in [2.24, 2.45) is 0 Å². The number of aromatic nitrogens is 1. The number of aryl methyl sites for hydroxylation is 2. The molecule has 2 heteroatoms. The van der Waals surface area contributed by atoms with Gasteiger partial charge >= 0.3 is 0 Å². The minimum atomic E-state index is -0.291. The molecule has 0 saturated heterocycles. The first-order chi connectivity index (χ1) is 7.79. The lowest BCUT2D eigenvalue weighted by Crippen LogP contribution is -2.07. The van der Waals surface area contributed by atoms with Crippen molar-refractivity contribution < 1.29 is 5.11 Å². The molecule has 0 bridgehead atoms. The molecular weight excluding hydrogens is 198 g/mol. The quantitative estimate of drug-likeness (QED) is 0.753. The van der Waals surface area contributed by atoms with Crippen LogP contribution in [0.1, 0.15) is 42.7 Å². The number of hydrogen-bond donors (Lipinski definition) is 2. The lowest BCUT2D eigenvalue weighted by atomic mass is 9.93. The Balaban J connectivity index is 2.25. The third-order valence-corrected chi connectivity index (χ3v) is 3.65. The first kappa shape index (κ1) is 9.91. The second-order valence-corrected chi connectivity index (χ2v) is 4.66. The monoisotopic (exact) mass is 215 g/mol. The van der Waals surface area contributed by atoms with Crippen LogP contribution in [0, 0.1) is 0 Å². The zero-order valence-electron chi connectivity index (χ0n) is 9.59. The van der Waals surface area contributed by atoms with Gasteiger partial charge in [-0.1, -0.05) is 13.0 Å². The summed E-state index contributed by atoms with van der Waals surface area (Å²) in [5, 5.41) is 11.3. The number of nitrogens with one attached hydrogen (secondary N) is 1. The molecule has 1 aliphatic carbocycles. The third kappa shape index (κ3) is 1.37. The van der Waals surface area contributed by atoms with Gasteiger partial charge in [0, 0.05) is 16.6 Å². The van der Waals surface area contributed by atoms with Crippen LogP contribution in [-0.2, 0) is 12.8 Å². The van der Waals surface area contributed by atoms with E-state index in [2.05, 4.69) is 30.1 Å². The molecule has 1 atom stereocenters. The van der Waals surface area contributed by atoms with E-state index >= 15 is 0 Å². The van der Waals surface area contributed by atoms with Crippen LogP contribution in [0.15, 0.2) is 18.2 Å². The van der Waals surface area contributed by atoms with Crippen molar-refractivity contribution >= 4 is 10.9 Å². The van der Waals surface area contributed by atoms with E-state index < -0.39 is 0 Å². The van der Waals surface area contributed by atoms with Crippen molar-refractivity contribution in [1.82, 2.24) is 4.98 Å². The molecule has 1 aromatic heterocycles. The summed E-state index contributed by atoms with van der Waals surface area (Å²) in [6, 6.07) is 6.57. The number of aliphatic hydroxyl groups is 1. The third-order valence-electron chi connectivity index (χ3n) is 3.65. The summed E-state index contributed by atoms with van der Waals surface area (Å²) in [5.74, 6) is 0. The van der Waals surface area contributed by atoms with Crippen LogP contribution in [-0.4, -0.2) is 10.1 Å².